The van der Waals surface area contributed by atoms with E-state index in [1.807, 2.05) is 0 Å². The van der Waals surface area contributed by atoms with E-state index in [9.17, 15) is 0 Å². The molecule has 1 aliphatic carbocycles. The summed E-state index contributed by atoms with van der Waals surface area (Å²) in [7, 11) is 2.19. The van der Waals surface area contributed by atoms with Crippen LogP contribution < -0.4 is 5.32 Å². The van der Waals surface area contributed by atoms with E-state index in [1.54, 1.807) is 11.3 Å². The highest BCUT2D eigenvalue weighted by Gasteiger charge is 2.24. The second-order valence-electron chi connectivity index (χ2n) is 6.84. The van der Waals surface area contributed by atoms with E-state index in [1.165, 1.54) is 23.5 Å². The fourth-order valence-electron chi connectivity index (χ4n) is 2.08. The Labute approximate surface area is 121 Å². The molecule has 1 N–H and O–H groups in total. The van der Waals surface area contributed by atoms with Gasteiger partial charge in [0.1, 0.15) is 5.01 Å². The number of nitrogens with one attached hydrogen (secondary N) is 1. The molecule has 0 bridgehead atoms. The first kappa shape index (κ1) is 14.9. The van der Waals surface area contributed by atoms with Gasteiger partial charge in [0, 0.05) is 30.6 Å². The van der Waals surface area contributed by atoms with Crippen LogP contribution >= 0.6 is 11.3 Å². The Bertz CT molecular complexity index is 404. The van der Waals surface area contributed by atoms with Crippen molar-refractivity contribution in [2.24, 2.45) is 5.41 Å². The van der Waals surface area contributed by atoms with Crippen molar-refractivity contribution >= 4 is 11.3 Å². The van der Waals surface area contributed by atoms with Crippen LogP contribution in [0.2, 0.25) is 0 Å². The SMILES string of the molecule is CC(N(C)Cc1csc(CNC2CC2)n1)C(C)(C)C. The van der Waals surface area contributed by atoms with Gasteiger partial charge in [-0.3, -0.25) is 4.90 Å². The molecule has 0 saturated heterocycles. The van der Waals surface area contributed by atoms with Crippen molar-refractivity contribution < 1.29 is 0 Å². The molecule has 19 heavy (non-hydrogen) atoms. The molecule has 0 aliphatic heterocycles. The van der Waals surface area contributed by atoms with Crippen molar-refractivity contribution in [3.8, 4) is 0 Å². The summed E-state index contributed by atoms with van der Waals surface area (Å²) in [6, 6.07) is 1.30. The van der Waals surface area contributed by atoms with Crippen molar-refractivity contribution in [1.29, 1.82) is 0 Å². The van der Waals surface area contributed by atoms with E-state index in [0.717, 1.165) is 19.1 Å². The minimum absolute atomic E-state index is 0.307. The van der Waals surface area contributed by atoms with E-state index >= 15 is 0 Å². The fraction of sp³-hybridized carbons (Fsp3) is 0.800. The van der Waals surface area contributed by atoms with Crippen LogP contribution in [-0.2, 0) is 13.1 Å². The average molecular weight is 281 g/mol. The van der Waals surface area contributed by atoms with Gasteiger partial charge in [0.25, 0.3) is 0 Å². The normalized spacial score (nSPS) is 18.0. The van der Waals surface area contributed by atoms with Gasteiger partial charge < -0.3 is 5.32 Å². The highest BCUT2D eigenvalue weighted by Crippen LogP contribution is 2.24. The van der Waals surface area contributed by atoms with Gasteiger partial charge in [0.05, 0.1) is 5.69 Å². The van der Waals surface area contributed by atoms with Crippen LogP contribution in [0, 0.1) is 5.41 Å². The summed E-state index contributed by atoms with van der Waals surface area (Å²) < 4.78 is 0. The zero-order valence-corrected chi connectivity index (χ0v) is 13.7. The molecule has 108 valence electrons. The highest BCUT2D eigenvalue weighted by atomic mass is 32.1. The maximum Gasteiger partial charge on any atom is 0.107 e. The smallest absolute Gasteiger partial charge is 0.107 e. The molecule has 1 heterocycles. The predicted molar refractivity (Wildman–Crippen MR) is 82.4 cm³/mol. The van der Waals surface area contributed by atoms with E-state index in [0.29, 0.717) is 11.5 Å². The predicted octanol–water partition coefficient (Wildman–Crippen LogP) is 3.26. The van der Waals surface area contributed by atoms with Gasteiger partial charge in [0.15, 0.2) is 0 Å². The third-order valence-electron chi connectivity index (χ3n) is 4.04. The molecule has 0 radical (unpaired) electrons. The van der Waals surface area contributed by atoms with Crippen molar-refractivity contribution in [1.82, 2.24) is 15.2 Å². The van der Waals surface area contributed by atoms with Crippen LogP contribution in [0.25, 0.3) is 0 Å². The van der Waals surface area contributed by atoms with Gasteiger partial charge in [-0.1, -0.05) is 20.8 Å². The first-order valence-corrected chi connectivity index (χ1v) is 8.11. The maximum atomic E-state index is 4.73. The van der Waals surface area contributed by atoms with Crippen LogP contribution in [0.1, 0.15) is 51.2 Å². The standard InChI is InChI=1S/C15H27N3S/c1-11(15(2,3)4)18(5)9-13-10-19-14(17-13)8-16-12-6-7-12/h10-12,16H,6-9H2,1-5H3. The Morgan fingerprint density at radius 3 is 2.74 bits per heavy atom. The van der Waals surface area contributed by atoms with E-state index < -0.39 is 0 Å². The average Bonchev–Trinajstić information content (AvgIpc) is 3.05. The minimum Gasteiger partial charge on any atom is -0.308 e. The lowest BCUT2D eigenvalue weighted by atomic mass is 9.87. The van der Waals surface area contributed by atoms with Crippen molar-refractivity contribution in [3.63, 3.8) is 0 Å². The molecule has 0 aromatic carbocycles. The summed E-state index contributed by atoms with van der Waals surface area (Å²) in [4.78, 5) is 7.12. The van der Waals surface area contributed by atoms with Crippen LogP contribution in [0.4, 0.5) is 0 Å². The van der Waals surface area contributed by atoms with Gasteiger partial charge in [0.2, 0.25) is 0 Å². The summed E-state index contributed by atoms with van der Waals surface area (Å²) in [6.45, 7) is 11.1. The summed E-state index contributed by atoms with van der Waals surface area (Å²) in [5, 5.41) is 6.95. The number of hydrogen-bond acceptors (Lipinski definition) is 4. The molecular formula is C15H27N3S. The summed E-state index contributed by atoms with van der Waals surface area (Å²) in [5.74, 6) is 0. The molecule has 1 fully saturated rings. The number of thiazole rings is 1. The molecule has 3 nitrogen and oxygen atoms in total. The highest BCUT2D eigenvalue weighted by molar-refractivity contribution is 7.09. The van der Waals surface area contributed by atoms with Gasteiger partial charge in [-0.15, -0.1) is 11.3 Å². The van der Waals surface area contributed by atoms with Crippen molar-refractivity contribution in [2.75, 3.05) is 7.05 Å². The quantitative estimate of drug-likeness (QED) is 0.867. The van der Waals surface area contributed by atoms with E-state index in [-0.39, 0.29) is 0 Å². The van der Waals surface area contributed by atoms with Crippen LogP contribution in [0.5, 0.6) is 0 Å². The first-order valence-electron chi connectivity index (χ1n) is 7.23. The molecular weight excluding hydrogens is 254 g/mol. The fourth-order valence-corrected chi connectivity index (χ4v) is 2.81. The zero-order valence-electron chi connectivity index (χ0n) is 12.9. The number of rotatable bonds is 6. The summed E-state index contributed by atoms with van der Waals surface area (Å²) in [5.41, 5.74) is 1.51. The third-order valence-corrected chi connectivity index (χ3v) is 4.94. The monoisotopic (exact) mass is 281 g/mol. The van der Waals surface area contributed by atoms with E-state index in [4.69, 9.17) is 4.98 Å². The summed E-state index contributed by atoms with van der Waals surface area (Å²) >= 11 is 1.78. The van der Waals surface area contributed by atoms with Gasteiger partial charge >= 0.3 is 0 Å². The Morgan fingerprint density at radius 2 is 2.16 bits per heavy atom. The molecule has 2 rings (SSSR count). The molecule has 1 aliphatic rings. The Hall–Kier alpha value is -0.450. The number of nitrogens with zero attached hydrogens (tertiary/aromatic N) is 2. The molecule has 0 spiro atoms. The third kappa shape index (κ3) is 4.55. The minimum atomic E-state index is 0.307. The summed E-state index contributed by atoms with van der Waals surface area (Å²) in [6.07, 6.45) is 2.67. The molecule has 1 atom stereocenters. The Kier molecular flexibility index (Phi) is 4.64. The van der Waals surface area contributed by atoms with Crippen LogP contribution in [0.15, 0.2) is 5.38 Å². The van der Waals surface area contributed by atoms with E-state index in [2.05, 4.69) is 50.3 Å². The van der Waals surface area contributed by atoms with Crippen LogP contribution in [0.3, 0.4) is 0 Å². The van der Waals surface area contributed by atoms with Gasteiger partial charge in [-0.25, -0.2) is 4.98 Å². The maximum absolute atomic E-state index is 4.73. The number of hydrogen-bond donors (Lipinski definition) is 1. The van der Waals surface area contributed by atoms with Gasteiger partial charge in [-0.05, 0) is 32.2 Å². The zero-order chi connectivity index (χ0) is 14.0. The lowest BCUT2D eigenvalue weighted by molar-refractivity contribution is 0.133. The van der Waals surface area contributed by atoms with Crippen molar-refractivity contribution in [3.05, 3.63) is 16.1 Å². The molecule has 0 amide bonds. The molecule has 1 saturated carbocycles. The topological polar surface area (TPSA) is 28.2 Å². The molecule has 1 unspecified atom stereocenters. The van der Waals surface area contributed by atoms with Crippen molar-refractivity contribution in [2.45, 2.75) is 65.7 Å². The molecule has 1 aromatic heterocycles. The second-order valence-corrected chi connectivity index (χ2v) is 7.79. The first-order chi connectivity index (χ1) is 8.86. The number of aromatic nitrogens is 1. The molecule has 1 aromatic rings. The Balaban J connectivity index is 1.84. The second kappa shape index (κ2) is 5.90. The largest absolute Gasteiger partial charge is 0.308 e. The Morgan fingerprint density at radius 1 is 1.47 bits per heavy atom. The van der Waals surface area contributed by atoms with Crippen LogP contribution in [-0.4, -0.2) is 29.0 Å². The lowest BCUT2D eigenvalue weighted by Crippen LogP contribution is -2.38. The van der Waals surface area contributed by atoms with Gasteiger partial charge in [-0.2, -0.15) is 0 Å². The molecule has 4 heteroatoms. The lowest BCUT2D eigenvalue weighted by Gasteiger charge is -2.35.